The number of carbonyl (C=O) groups excluding carboxylic acids is 1. The first kappa shape index (κ1) is 23.7. The number of nitrogens with one attached hydrogen (secondary N) is 1. The van der Waals surface area contributed by atoms with Crippen molar-refractivity contribution >= 4 is 21.6 Å². The number of rotatable bonds is 4. The lowest BCUT2D eigenvalue weighted by Crippen LogP contribution is -2.20. The normalized spacial score (nSPS) is 18.6. The van der Waals surface area contributed by atoms with Gasteiger partial charge in [-0.3, -0.25) is 4.98 Å². The van der Waals surface area contributed by atoms with Gasteiger partial charge in [-0.2, -0.15) is 5.10 Å². The largest absolute Gasteiger partial charge is 0.384 e. The first-order valence-corrected chi connectivity index (χ1v) is 13.4. The number of nitrogens with zero attached hydrogens (tertiary/aromatic N) is 4. The topological polar surface area (TPSA) is 135 Å². The first-order valence-electron chi connectivity index (χ1n) is 11.8. The third-order valence-electron chi connectivity index (χ3n) is 6.72. The molecule has 10 heteroatoms. The Morgan fingerprint density at radius 3 is 2.69 bits per heavy atom. The number of fused-ring (bicyclic) bond motifs is 2. The second-order valence-electron chi connectivity index (χ2n) is 9.83. The first-order chi connectivity index (χ1) is 16.5. The van der Waals surface area contributed by atoms with Crippen molar-refractivity contribution in [2.75, 3.05) is 5.32 Å². The van der Waals surface area contributed by atoms with Gasteiger partial charge >= 0.3 is 6.03 Å². The molecule has 0 aliphatic heterocycles. The molecule has 0 fully saturated rings. The van der Waals surface area contributed by atoms with E-state index < -0.39 is 21.5 Å². The number of aromatic nitrogens is 3. The van der Waals surface area contributed by atoms with E-state index >= 15 is 0 Å². The molecule has 2 heterocycles. The maximum atomic E-state index is 13.4. The van der Waals surface area contributed by atoms with Crippen LogP contribution < -0.4 is 10.5 Å². The molecule has 0 saturated carbocycles. The average molecular weight is 495 g/mol. The zero-order chi connectivity index (χ0) is 25.0. The molecule has 0 bridgehead atoms. The summed E-state index contributed by atoms with van der Waals surface area (Å²) in [4.78, 5) is 17.9. The van der Waals surface area contributed by atoms with Gasteiger partial charge in [0.15, 0.2) is 14.9 Å². The Kier molecular flexibility index (Phi) is 5.77. The fraction of sp³-hybridized carbons (Fsp3) is 0.400. The molecular formula is C25H30N6O3S. The Bertz CT molecular complexity index is 1430. The van der Waals surface area contributed by atoms with Gasteiger partial charge in [0.2, 0.25) is 0 Å². The monoisotopic (exact) mass is 494 g/mol. The number of pyridine rings is 1. The van der Waals surface area contributed by atoms with Crippen LogP contribution >= 0.6 is 0 Å². The predicted molar refractivity (Wildman–Crippen MR) is 134 cm³/mol. The second-order valence-corrected chi connectivity index (χ2v) is 11.6. The van der Waals surface area contributed by atoms with Gasteiger partial charge in [-0.25, -0.2) is 18.8 Å². The van der Waals surface area contributed by atoms with Crippen LogP contribution in [0.1, 0.15) is 67.7 Å². The number of amides is 2. The molecule has 0 saturated heterocycles. The molecule has 3 aromatic rings. The van der Waals surface area contributed by atoms with Gasteiger partial charge in [0, 0.05) is 17.5 Å². The number of nitrogens with two attached hydrogens (primary N) is 1. The van der Waals surface area contributed by atoms with Crippen LogP contribution in [0.5, 0.6) is 0 Å². The lowest BCUT2D eigenvalue weighted by atomic mass is 10.0. The summed E-state index contributed by atoms with van der Waals surface area (Å²) >= 11 is 0. The molecule has 1 aromatic carbocycles. The number of hydrogen-bond acceptors (Lipinski definition) is 5. The predicted octanol–water partition coefficient (Wildman–Crippen LogP) is 3.97. The number of hydrogen-bond donors (Lipinski definition) is 3. The molecule has 9 nitrogen and oxygen atoms in total. The van der Waals surface area contributed by atoms with E-state index in [2.05, 4.69) is 21.7 Å². The summed E-state index contributed by atoms with van der Waals surface area (Å²) in [7, 11) is -3.68. The van der Waals surface area contributed by atoms with Gasteiger partial charge in [0.25, 0.3) is 0 Å². The maximum absolute atomic E-state index is 13.4. The second kappa shape index (κ2) is 8.54. The minimum atomic E-state index is -3.68. The fourth-order valence-corrected chi connectivity index (χ4v) is 5.82. The van der Waals surface area contributed by atoms with Crippen molar-refractivity contribution in [1.82, 2.24) is 14.8 Å². The molecular weight excluding hydrogens is 464 g/mol. The minimum Gasteiger partial charge on any atom is -0.384 e. The van der Waals surface area contributed by atoms with E-state index in [9.17, 15) is 14.1 Å². The van der Waals surface area contributed by atoms with Crippen molar-refractivity contribution < 1.29 is 14.1 Å². The molecule has 5 rings (SSSR count). The number of aryl methyl sites for hydroxylation is 1. The zero-order valence-corrected chi connectivity index (χ0v) is 20.9. The Morgan fingerprint density at radius 2 is 1.97 bits per heavy atom. The molecule has 2 amide bonds. The number of anilines is 1. The smallest absolute Gasteiger partial charge is 0.354 e. The van der Waals surface area contributed by atoms with Gasteiger partial charge < -0.3 is 10.4 Å². The molecule has 2 aromatic heterocycles. The van der Waals surface area contributed by atoms with E-state index in [0.29, 0.717) is 17.3 Å². The van der Waals surface area contributed by atoms with Crippen LogP contribution in [-0.2, 0) is 34.8 Å². The van der Waals surface area contributed by atoms with Crippen molar-refractivity contribution in [3.63, 3.8) is 0 Å². The summed E-state index contributed by atoms with van der Waals surface area (Å²) in [5, 5.41) is 23.9. The van der Waals surface area contributed by atoms with Crippen LogP contribution in [0, 0.1) is 0 Å². The van der Waals surface area contributed by atoms with Crippen LogP contribution in [-0.4, -0.2) is 30.1 Å². The van der Waals surface area contributed by atoms with E-state index in [1.165, 1.54) is 10.7 Å². The van der Waals surface area contributed by atoms with Gasteiger partial charge in [0.05, 0.1) is 17.1 Å². The highest BCUT2D eigenvalue weighted by Gasteiger charge is 2.31. The number of aliphatic hydroxyl groups is 1. The number of carbonyl (C=O) groups is 1. The molecule has 2 aliphatic rings. The highest BCUT2D eigenvalue weighted by molar-refractivity contribution is 7.91. The lowest BCUT2D eigenvalue weighted by molar-refractivity contribution is 0.0711. The summed E-state index contributed by atoms with van der Waals surface area (Å²) in [6.45, 7) is 5.34. The summed E-state index contributed by atoms with van der Waals surface area (Å²) < 4.78 is 18.7. The third kappa shape index (κ3) is 4.37. The molecule has 35 heavy (non-hydrogen) atoms. The van der Waals surface area contributed by atoms with E-state index in [0.717, 1.165) is 60.3 Å². The highest BCUT2D eigenvalue weighted by Crippen LogP contribution is 2.41. The van der Waals surface area contributed by atoms with Gasteiger partial charge in [-0.1, -0.05) is 25.1 Å². The molecule has 0 radical (unpaired) electrons. The quantitative estimate of drug-likeness (QED) is 0.504. The Hall–Kier alpha value is -3.08. The average Bonchev–Trinajstić information content (AvgIpc) is 3.52. The number of para-hydroxylation sites is 1. The zero-order valence-electron chi connectivity index (χ0n) is 20.1. The number of benzene rings is 1. The van der Waals surface area contributed by atoms with Crippen LogP contribution in [0.2, 0.25) is 0 Å². The van der Waals surface area contributed by atoms with E-state index in [1.807, 2.05) is 18.2 Å². The fourth-order valence-electron chi connectivity index (χ4n) is 4.96. The van der Waals surface area contributed by atoms with Gasteiger partial charge in [0.1, 0.15) is 5.60 Å². The molecule has 2 unspecified atom stereocenters. The molecule has 184 valence electrons. The van der Waals surface area contributed by atoms with E-state index in [4.69, 9.17) is 10.1 Å². The summed E-state index contributed by atoms with van der Waals surface area (Å²) in [5.74, 6) is 0.337. The van der Waals surface area contributed by atoms with Crippen molar-refractivity contribution in [3.8, 4) is 5.69 Å². The lowest BCUT2D eigenvalue weighted by Gasteiger charge is -2.18. The van der Waals surface area contributed by atoms with Crippen molar-refractivity contribution in [2.45, 2.75) is 69.4 Å². The molecule has 0 spiro atoms. The van der Waals surface area contributed by atoms with E-state index in [-0.39, 0.29) is 5.03 Å². The Morgan fingerprint density at radius 1 is 1.23 bits per heavy atom. The van der Waals surface area contributed by atoms with Crippen LogP contribution in [0.15, 0.2) is 45.8 Å². The van der Waals surface area contributed by atoms with Crippen LogP contribution in [0.25, 0.3) is 5.69 Å². The summed E-state index contributed by atoms with van der Waals surface area (Å²) in [6.07, 6.45) is 4.54. The standard InChI is InChI=1S/C25H30N6O3S/c1-15-12-13-18-22(15)27-19-11-7-10-17(19)23(18)28-24(32)30-35(26,34)21-14-20(25(2,3)33)31(29-21)16-8-5-4-6-9-16/h4-6,8-9,14-15,33H,7,10-13H2,1-3H3,(H3,26,27,28,30,32,34). The SMILES string of the molecule is CC1CCc2c1nc1c(c2NC(=O)N=S(N)(=O)c2cc(C(C)(C)O)n(-c3ccccc3)n2)CCC1. The van der Waals surface area contributed by atoms with Crippen molar-refractivity contribution in [2.24, 2.45) is 9.50 Å². The van der Waals surface area contributed by atoms with Gasteiger partial charge in [-0.05, 0) is 75.1 Å². The van der Waals surface area contributed by atoms with Crippen molar-refractivity contribution in [3.05, 3.63) is 64.6 Å². The summed E-state index contributed by atoms with van der Waals surface area (Å²) in [6, 6.07) is 9.79. The van der Waals surface area contributed by atoms with Crippen LogP contribution in [0.3, 0.4) is 0 Å². The third-order valence-corrected chi connectivity index (χ3v) is 7.95. The Balaban J connectivity index is 1.52. The van der Waals surface area contributed by atoms with Gasteiger partial charge in [-0.15, -0.1) is 4.36 Å². The maximum Gasteiger partial charge on any atom is 0.354 e. The molecule has 4 N–H and O–H groups in total. The number of urea groups is 1. The molecule has 2 atom stereocenters. The molecule has 2 aliphatic carbocycles. The Labute approximate surface area is 205 Å². The highest BCUT2D eigenvalue weighted by atomic mass is 32.2. The minimum absolute atomic E-state index is 0.0764. The van der Waals surface area contributed by atoms with Crippen molar-refractivity contribution in [1.29, 1.82) is 0 Å². The van der Waals surface area contributed by atoms with Crippen LogP contribution in [0.4, 0.5) is 10.5 Å². The summed E-state index contributed by atoms with van der Waals surface area (Å²) in [5.41, 5.74) is 4.64. The van der Waals surface area contributed by atoms with E-state index in [1.54, 1.807) is 26.0 Å².